The van der Waals surface area contributed by atoms with Crippen LogP contribution in [0.15, 0.2) is 29.2 Å². The van der Waals surface area contributed by atoms with E-state index in [-0.39, 0.29) is 5.91 Å². The molecule has 5 N–H and O–H groups in total. The smallest absolute Gasteiger partial charge is 0.275 e. The highest BCUT2D eigenvalue weighted by atomic mass is 32.2. The van der Waals surface area contributed by atoms with Crippen molar-refractivity contribution in [1.82, 2.24) is 5.43 Å². The highest BCUT2D eigenvalue weighted by Crippen LogP contribution is 2.31. The van der Waals surface area contributed by atoms with Gasteiger partial charge in [-0.1, -0.05) is 0 Å². The van der Waals surface area contributed by atoms with Crippen molar-refractivity contribution in [3.63, 3.8) is 0 Å². The topological polar surface area (TPSA) is 81.1 Å². The van der Waals surface area contributed by atoms with Crippen molar-refractivity contribution in [1.29, 1.82) is 0 Å². The quantitative estimate of drug-likeness (QED) is 0.267. The number of amides is 1. The third kappa shape index (κ3) is 3.33. The van der Waals surface area contributed by atoms with Gasteiger partial charge in [0.05, 0.1) is 4.88 Å². The normalized spacial score (nSPS) is 10.6. The summed E-state index contributed by atoms with van der Waals surface area (Å²) in [5.41, 5.74) is 11.0. The van der Waals surface area contributed by atoms with Crippen LogP contribution in [0, 0.1) is 13.8 Å². The van der Waals surface area contributed by atoms with Gasteiger partial charge in [-0.3, -0.25) is 10.2 Å². The van der Waals surface area contributed by atoms with E-state index in [9.17, 15) is 4.79 Å². The Bertz CT molecular complexity index is 637. The van der Waals surface area contributed by atoms with Crippen LogP contribution in [0.2, 0.25) is 0 Å². The number of benzene rings is 1. The van der Waals surface area contributed by atoms with Crippen LogP contribution in [0.5, 0.6) is 0 Å². The monoisotopic (exact) mass is 307 g/mol. The van der Waals surface area contributed by atoms with Crippen LogP contribution in [0.4, 0.5) is 5.69 Å². The Balaban J connectivity index is 2.11. The first-order valence-corrected chi connectivity index (χ1v) is 7.90. The molecule has 0 aliphatic carbocycles. The molecule has 0 aliphatic heterocycles. The average Bonchev–Trinajstić information content (AvgIpc) is 2.78. The van der Waals surface area contributed by atoms with Gasteiger partial charge in [0.15, 0.2) is 0 Å². The van der Waals surface area contributed by atoms with Crippen molar-refractivity contribution in [3.8, 4) is 0 Å². The molecule has 1 aromatic carbocycles. The van der Waals surface area contributed by atoms with Crippen molar-refractivity contribution in [3.05, 3.63) is 45.1 Å². The van der Waals surface area contributed by atoms with E-state index in [1.165, 1.54) is 21.8 Å². The van der Waals surface area contributed by atoms with Gasteiger partial charge in [0.1, 0.15) is 0 Å². The maximum absolute atomic E-state index is 11.5. The molecule has 0 spiro atoms. The van der Waals surface area contributed by atoms with E-state index in [1.807, 2.05) is 38.1 Å². The molecule has 1 aromatic heterocycles. The zero-order chi connectivity index (χ0) is 14.7. The molecule has 0 aliphatic rings. The number of nitrogen functional groups attached to an aromatic ring is 2. The Morgan fingerprint density at radius 3 is 2.75 bits per heavy atom. The second-order valence-corrected chi connectivity index (χ2v) is 6.75. The van der Waals surface area contributed by atoms with Gasteiger partial charge in [0, 0.05) is 21.2 Å². The number of rotatable bonds is 4. The molecule has 4 nitrogen and oxygen atoms in total. The molecule has 2 rings (SSSR count). The third-order valence-corrected chi connectivity index (χ3v) is 5.27. The molecule has 0 unspecified atom stereocenters. The predicted molar refractivity (Wildman–Crippen MR) is 85.9 cm³/mol. The van der Waals surface area contributed by atoms with Crippen molar-refractivity contribution < 1.29 is 4.79 Å². The lowest BCUT2D eigenvalue weighted by Crippen LogP contribution is -2.29. The number of anilines is 1. The number of thioether (sulfide) groups is 1. The van der Waals surface area contributed by atoms with Crippen molar-refractivity contribution in [2.75, 3.05) is 5.73 Å². The molecule has 0 radical (unpaired) electrons. The summed E-state index contributed by atoms with van der Waals surface area (Å²) in [4.78, 5) is 14.5. The standard InChI is InChI=1S/C14H17N3OS2/c1-8-5-11(15)3-4-12(8)19-7-10-6-13(14(18)17-16)20-9(10)2/h3-6H,7,15-16H2,1-2H3,(H,17,18). The molecule has 0 saturated carbocycles. The second-order valence-electron chi connectivity index (χ2n) is 4.48. The first kappa shape index (κ1) is 14.9. The Kier molecular flexibility index (Phi) is 4.69. The fourth-order valence-corrected chi connectivity index (χ4v) is 3.93. The van der Waals surface area contributed by atoms with Gasteiger partial charge < -0.3 is 5.73 Å². The molecule has 2 aromatic rings. The molecule has 0 bridgehead atoms. The van der Waals surface area contributed by atoms with E-state index < -0.39 is 0 Å². The number of nitrogens with two attached hydrogens (primary N) is 2. The van der Waals surface area contributed by atoms with Crippen LogP contribution in [0.1, 0.15) is 25.7 Å². The molecule has 20 heavy (non-hydrogen) atoms. The number of carbonyl (C=O) groups excluding carboxylic acids is 1. The van der Waals surface area contributed by atoms with Gasteiger partial charge in [-0.15, -0.1) is 23.1 Å². The van der Waals surface area contributed by atoms with E-state index in [0.717, 1.165) is 21.9 Å². The average molecular weight is 307 g/mol. The summed E-state index contributed by atoms with van der Waals surface area (Å²) in [7, 11) is 0. The molecular weight excluding hydrogens is 290 g/mol. The van der Waals surface area contributed by atoms with E-state index in [2.05, 4.69) is 5.43 Å². The molecule has 106 valence electrons. The summed E-state index contributed by atoms with van der Waals surface area (Å²) in [5, 5.41) is 0. The van der Waals surface area contributed by atoms with Crippen LogP contribution in [0.25, 0.3) is 0 Å². The first-order chi connectivity index (χ1) is 9.51. The zero-order valence-corrected chi connectivity index (χ0v) is 13.0. The Morgan fingerprint density at radius 1 is 1.35 bits per heavy atom. The lowest BCUT2D eigenvalue weighted by molar-refractivity contribution is 0.0957. The number of aryl methyl sites for hydroxylation is 2. The van der Waals surface area contributed by atoms with Crippen LogP contribution in [-0.4, -0.2) is 5.91 Å². The van der Waals surface area contributed by atoms with Gasteiger partial charge >= 0.3 is 0 Å². The van der Waals surface area contributed by atoms with Crippen molar-refractivity contribution in [2.24, 2.45) is 5.84 Å². The molecule has 1 amide bonds. The highest BCUT2D eigenvalue weighted by Gasteiger charge is 2.12. The molecule has 1 heterocycles. The SMILES string of the molecule is Cc1cc(N)ccc1SCc1cc(C(=O)NN)sc1C. The third-order valence-electron chi connectivity index (χ3n) is 2.96. The molecule has 0 fully saturated rings. The van der Waals surface area contributed by atoms with E-state index in [4.69, 9.17) is 11.6 Å². The summed E-state index contributed by atoms with van der Waals surface area (Å²) in [6.45, 7) is 4.07. The van der Waals surface area contributed by atoms with Gasteiger partial charge in [-0.05, 0) is 49.2 Å². The van der Waals surface area contributed by atoms with Gasteiger partial charge in [0.25, 0.3) is 5.91 Å². The van der Waals surface area contributed by atoms with Crippen LogP contribution in [0.3, 0.4) is 0 Å². The highest BCUT2D eigenvalue weighted by molar-refractivity contribution is 7.98. The van der Waals surface area contributed by atoms with Crippen LogP contribution >= 0.6 is 23.1 Å². The maximum Gasteiger partial charge on any atom is 0.275 e. The summed E-state index contributed by atoms with van der Waals surface area (Å²) < 4.78 is 0. The minimum atomic E-state index is -0.238. The molecule has 0 atom stereocenters. The summed E-state index contributed by atoms with van der Waals surface area (Å²) in [5.74, 6) is 5.74. The van der Waals surface area contributed by atoms with Crippen LogP contribution < -0.4 is 17.0 Å². The Morgan fingerprint density at radius 2 is 2.10 bits per heavy atom. The summed E-state index contributed by atoms with van der Waals surface area (Å²) >= 11 is 3.21. The largest absolute Gasteiger partial charge is 0.399 e. The number of nitrogens with one attached hydrogen (secondary N) is 1. The fourth-order valence-electron chi connectivity index (χ4n) is 1.84. The summed E-state index contributed by atoms with van der Waals surface area (Å²) in [6.07, 6.45) is 0. The van der Waals surface area contributed by atoms with E-state index >= 15 is 0 Å². The Hall–Kier alpha value is -1.50. The number of carbonyl (C=O) groups is 1. The lowest BCUT2D eigenvalue weighted by Gasteiger charge is -2.06. The van der Waals surface area contributed by atoms with Gasteiger partial charge in [0.2, 0.25) is 0 Å². The first-order valence-electron chi connectivity index (χ1n) is 6.10. The number of thiophene rings is 1. The van der Waals surface area contributed by atoms with Gasteiger partial charge in [-0.2, -0.15) is 0 Å². The van der Waals surface area contributed by atoms with Gasteiger partial charge in [-0.25, -0.2) is 5.84 Å². The number of hydrogen-bond donors (Lipinski definition) is 3. The van der Waals surface area contributed by atoms with E-state index in [0.29, 0.717) is 4.88 Å². The number of hydrogen-bond acceptors (Lipinski definition) is 5. The minimum absolute atomic E-state index is 0.238. The maximum atomic E-state index is 11.5. The summed E-state index contributed by atoms with van der Waals surface area (Å²) in [6, 6.07) is 7.81. The van der Waals surface area contributed by atoms with E-state index in [1.54, 1.807) is 11.8 Å². The lowest BCUT2D eigenvalue weighted by atomic mass is 10.2. The van der Waals surface area contributed by atoms with Crippen molar-refractivity contribution in [2.45, 2.75) is 24.5 Å². The fraction of sp³-hybridized carbons (Fsp3) is 0.214. The number of hydrazine groups is 1. The van der Waals surface area contributed by atoms with Crippen LogP contribution in [-0.2, 0) is 5.75 Å². The predicted octanol–water partition coefficient (Wildman–Crippen LogP) is 2.84. The molecule has 6 heteroatoms. The van der Waals surface area contributed by atoms with Crippen molar-refractivity contribution >= 4 is 34.7 Å². The minimum Gasteiger partial charge on any atom is -0.399 e. The Labute approximate surface area is 126 Å². The second kappa shape index (κ2) is 6.30. The zero-order valence-electron chi connectivity index (χ0n) is 11.4. The molecule has 0 saturated heterocycles. The molecular formula is C14H17N3OS2.